The zero-order chi connectivity index (χ0) is 23.4. The number of allylic oxidation sites excluding steroid dienone is 1. The van der Waals surface area contributed by atoms with Crippen molar-refractivity contribution in [2.75, 3.05) is 7.11 Å². The Hall–Kier alpha value is -4.15. The third-order valence-electron chi connectivity index (χ3n) is 5.26. The average Bonchev–Trinajstić information content (AvgIpc) is 3.19. The second-order valence-electron chi connectivity index (χ2n) is 7.36. The van der Waals surface area contributed by atoms with Crippen LogP contribution in [-0.2, 0) is 21.1 Å². The third-order valence-corrected chi connectivity index (χ3v) is 6.94. The molecule has 0 saturated carbocycles. The predicted molar refractivity (Wildman–Crippen MR) is 126 cm³/mol. The van der Waals surface area contributed by atoms with Gasteiger partial charge in [-0.3, -0.25) is 0 Å². The Labute approximate surface area is 191 Å². The molecule has 0 saturated heterocycles. The van der Waals surface area contributed by atoms with Gasteiger partial charge in [0.25, 0.3) is 0 Å². The van der Waals surface area contributed by atoms with Crippen LogP contribution in [-0.4, -0.2) is 26.1 Å². The van der Waals surface area contributed by atoms with Crippen LogP contribution in [0.4, 0.5) is 0 Å². The zero-order valence-corrected chi connectivity index (χ0v) is 18.6. The molecule has 4 rings (SSSR count). The second kappa shape index (κ2) is 9.15. The van der Waals surface area contributed by atoms with Crippen molar-refractivity contribution in [2.24, 2.45) is 0 Å². The number of esters is 1. The quantitative estimate of drug-likeness (QED) is 0.307. The number of hydrogen-bond donors (Lipinski definition) is 0. The van der Waals surface area contributed by atoms with E-state index >= 15 is 0 Å². The molecule has 0 aliphatic heterocycles. The highest BCUT2D eigenvalue weighted by Gasteiger charge is 2.21. The summed E-state index contributed by atoms with van der Waals surface area (Å²) >= 11 is 0. The summed E-state index contributed by atoms with van der Waals surface area (Å²) in [5, 5.41) is 10.5. The summed E-state index contributed by atoms with van der Waals surface area (Å²) in [5.41, 5.74) is 2.83. The number of aromatic nitrogens is 1. The van der Waals surface area contributed by atoms with E-state index < -0.39 is 15.8 Å². The highest BCUT2D eigenvalue weighted by Crippen LogP contribution is 2.27. The molecule has 1 heterocycles. The molecule has 164 valence electrons. The molecule has 0 radical (unpaired) electrons. The molecule has 3 aromatic carbocycles. The molecular formula is C26H20N2O4S. The molecule has 7 heteroatoms. The van der Waals surface area contributed by atoms with Crippen molar-refractivity contribution >= 4 is 32.8 Å². The van der Waals surface area contributed by atoms with Gasteiger partial charge in [-0.05, 0) is 42.0 Å². The molecular weight excluding hydrogens is 436 g/mol. The number of ether oxygens (including phenoxy) is 1. The van der Waals surface area contributed by atoms with Crippen LogP contribution in [0.5, 0.6) is 0 Å². The highest BCUT2D eigenvalue weighted by atomic mass is 32.2. The molecule has 6 nitrogen and oxygen atoms in total. The van der Waals surface area contributed by atoms with E-state index in [2.05, 4.69) is 0 Å². The molecule has 0 atom stereocenters. The van der Waals surface area contributed by atoms with Crippen LogP contribution in [0.25, 0.3) is 17.0 Å². The van der Waals surface area contributed by atoms with Gasteiger partial charge in [0.2, 0.25) is 9.84 Å². The number of sulfone groups is 1. The van der Waals surface area contributed by atoms with Crippen molar-refractivity contribution in [1.82, 2.24) is 4.57 Å². The van der Waals surface area contributed by atoms with Gasteiger partial charge >= 0.3 is 5.97 Å². The van der Waals surface area contributed by atoms with Crippen molar-refractivity contribution in [3.8, 4) is 6.07 Å². The van der Waals surface area contributed by atoms with E-state index in [0.29, 0.717) is 17.7 Å². The van der Waals surface area contributed by atoms with Crippen molar-refractivity contribution in [3.63, 3.8) is 0 Å². The van der Waals surface area contributed by atoms with E-state index in [0.717, 1.165) is 16.5 Å². The van der Waals surface area contributed by atoms with Crippen molar-refractivity contribution in [1.29, 1.82) is 5.26 Å². The normalized spacial score (nSPS) is 11.8. The minimum absolute atomic E-state index is 0.0705. The van der Waals surface area contributed by atoms with Crippen LogP contribution in [0, 0.1) is 11.3 Å². The van der Waals surface area contributed by atoms with Crippen molar-refractivity contribution in [2.45, 2.75) is 11.4 Å². The number of fused-ring (bicyclic) bond motifs is 1. The van der Waals surface area contributed by atoms with Crippen LogP contribution >= 0.6 is 0 Å². The highest BCUT2D eigenvalue weighted by molar-refractivity contribution is 7.95. The molecule has 0 amide bonds. The molecule has 1 aromatic heterocycles. The summed E-state index contributed by atoms with van der Waals surface area (Å²) in [4.78, 5) is 11.6. The maximum atomic E-state index is 13.0. The molecule has 0 aliphatic rings. The molecule has 0 N–H and O–H groups in total. The molecule has 4 aromatic rings. The standard InChI is InChI=1S/C26H20N2O4S/c1-32-26(29)20-9-7-8-19(14-20)17-28-18-21(24-12-5-6-13-25(24)28)15-23(16-27)33(30,31)22-10-3-2-4-11-22/h2-15,18H,17H2,1H3/b23-15+. The number of carbonyl (C=O) groups excluding carboxylic acids is 1. The van der Waals surface area contributed by atoms with Crippen molar-refractivity contribution in [3.05, 3.63) is 107 Å². The van der Waals surface area contributed by atoms with Gasteiger partial charge in [-0.15, -0.1) is 0 Å². The molecule has 0 aliphatic carbocycles. The minimum atomic E-state index is -3.95. The Morgan fingerprint density at radius 3 is 2.48 bits per heavy atom. The smallest absolute Gasteiger partial charge is 0.337 e. The third kappa shape index (κ3) is 4.43. The number of nitrogens with zero attached hydrogens (tertiary/aromatic N) is 2. The molecule has 0 spiro atoms. The monoisotopic (exact) mass is 456 g/mol. The zero-order valence-electron chi connectivity index (χ0n) is 17.8. The first-order chi connectivity index (χ1) is 15.9. The molecule has 33 heavy (non-hydrogen) atoms. The first-order valence-electron chi connectivity index (χ1n) is 10.1. The molecule has 0 bridgehead atoms. The van der Waals surface area contributed by atoms with E-state index in [4.69, 9.17) is 4.74 Å². The number of para-hydroxylation sites is 1. The van der Waals surface area contributed by atoms with E-state index in [1.807, 2.05) is 47.2 Å². The van der Waals surface area contributed by atoms with Gasteiger partial charge in [-0.2, -0.15) is 5.26 Å². The van der Waals surface area contributed by atoms with E-state index in [1.54, 1.807) is 36.4 Å². The number of methoxy groups -OCH3 is 1. The lowest BCUT2D eigenvalue weighted by Gasteiger charge is -2.07. The molecule has 0 unspecified atom stereocenters. The number of nitriles is 1. The Morgan fingerprint density at radius 1 is 1.03 bits per heavy atom. The van der Waals surface area contributed by atoms with Crippen LogP contribution < -0.4 is 0 Å². The minimum Gasteiger partial charge on any atom is -0.465 e. The van der Waals surface area contributed by atoms with Gasteiger partial charge < -0.3 is 9.30 Å². The Kier molecular flexibility index (Phi) is 6.11. The average molecular weight is 457 g/mol. The SMILES string of the molecule is COC(=O)c1cccc(Cn2cc(/C=C(\C#N)S(=O)(=O)c3ccccc3)c3ccccc32)c1. The predicted octanol–water partition coefficient (Wildman–Crippen LogP) is 4.81. The first-order valence-corrected chi connectivity index (χ1v) is 11.6. The summed E-state index contributed by atoms with van der Waals surface area (Å²) in [7, 11) is -2.61. The van der Waals surface area contributed by atoms with Gasteiger partial charge in [-0.25, -0.2) is 13.2 Å². The lowest BCUT2D eigenvalue weighted by atomic mass is 10.1. The van der Waals surface area contributed by atoms with Crippen LogP contribution in [0.3, 0.4) is 0 Å². The Bertz CT molecular complexity index is 1510. The summed E-state index contributed by atoms with van der Waals surface area (Å²) in [5.74, 6) is -0.414. The van der Waals surface area contributed by atoms with Gasteiger partial charge in [-0.1, -0.05) is 48.5 Å². The fourth-order valence-electron chi connectivity index (χ4n) is 3.67. The maximum absolute atomic E-state index is 13.0. The summed E-state index contributed by atoms with van der Waals surface area (Å²) in [6.45, 7) is 0.451. The fraction of sp³-hybridized carbons (Fsp3) is 0.0769. The number of hydrogen-bond acceptors (Lipinski definition) is 5. The van der Waals surface area contributed by atoms with E-state index in [1.165, 1.54) is 25.3 Å². The van der Waals surface area contributed by atoms with Gasteiger partial charge in [0.15, 0.2) is 0 Å². The van der Waals surface area contributed by atoms with E-state index in [-0.39, 0.29) is 9.80 Å². The van der Waals surface area contributed by atoms with E-state index in [9.17, 15) is 18.5 Å². The van der Waals surface area contributed by atoms with Crippen LogP contribution in [0.2, 0.25) is 0 Å². The number of carbonyl (C=O) groups is 1. The maximum Gasteiger partial charge on any atom is 0.337 e. The van der Waals surface area contributed by atoms with Crippen molar-refractivity contribution < 1.29 is 17.9 Å². The van der Waals surface area contributed by atoms with Gasteiger partial charge in [0.05, 0.1) is 17.6 Å². The fourth-order valence-corrected chi connectivity index (χ4v) is 4.84. The summed E-state index contributed by atoms with van der Waals surface area (Å²) in [6, 6.07) is 24.4. The second-order valence-corrected chi connectivity index (χ2v) is 9.28. The number of rotatable bonds is 6. The lowest BCUT2D eigenvalue weighted by Crippen LogP contribution is -2.04. The first kappa shape index (κ1) is 22.1. The van der Waals surface area contributed by atoms with Crippen LogP contribution in [0.15, 0.2) is 94.9 Å². The van der Waals surface area contributed by atoms with Crippen LogP contribution in [0.1, 0.15) is 21.5 Å². The summed E-state index contributed by atoms with van der Waals surface area (Å²) in [6.07, 6.45) is 3.22. The largest absolute Gasteiger partial charge is 0.465 e. The topological polar surface area (TPSA) is 89.2 Å². The number of benzene rings is 3. The summed E-state index contributed by atoms with van der Waals surface area (Å²) < 4.78 is 32.7. The Morgan fingerprint density at radius 2 is 1.76 bits per heavy atom. The molecule has 0 fully saturated rings. The van der Waals surface area contributed by atoms with Gasteiger partial charge in [0, 0.05) is 29.2 Å². The Balaban J connectivity index is 1.78. The van der Waals surface area contributed by atoms with Gasteiger partial charge in [0.1, 0.15) is 11.0 Å². The lowest BCUT2D eigenvalue weighted by molar-refractivity contribution is 0.0600.